The minimum Gasteiger partial charge on any atom is -0.373 e. The molecule has 2 heteroatoms. The van der Waals surface area contributed by atoms with Crippen LogP contribution in [0.2, 0.25) is 0 Å². The number of hydrogen-bond acceptors (Lipinski definition) is 2. The largest absolute Gasteiger partial charge is 0.373 e. The van der Waals surface area contributed by atoms with Crippen molar-refractivity contribution in [2.75, 3.05) is 6.61 Å². The summed E-state index contributed by atoms with van der Waals surface area (Å²) in [7, 11) is 0. The Morgan fingerprint density at radius 2 is 2.12 bits per heavy atom. The third kappa shape index (κ3) is 3.42. The first-order valence-electron chi connectivity index (χ1n) is 6.22. The molecule has 1 saturated heterocycles. The Kier molecular flexibility index (Phi) is 3.97. The van der Waals surface area contributed by atoms with Gasteiger partial charge in [0.2, 0.25) is 0 Å². The zero-order valence-corrected chi connectivity index (χ0v) is 10.6. The lowest BCUT2D eigenvalue weighted by Gasteiger charge is -2.01. The van der Waals surface area contributed by atoms with Crippen LogP contribution in [0.4, 0.5) is 0 Å². The summed E-state index contributed by atoms with van der Waals surface area (Å²) >= 11 is 0. The SMILES string of the molecule is CC[C@H]1O[C@]1(C)/C=C/COCc1ccccc1. The Morgan fingerprint density at radius 1 is 1.35 bits per heavy atom. The second kappa shape index (κ2) is 5.48. The van der Waals surface area contributed by atoms with E-state index in [1.165, 1.54) is 5.56 Å². The normalized spacial score (nSPS) is 27.5. The summed E-state index contributed by atoms with van der Waals surface area (Å²) in [5.74, 6) is 0. The maximum absolute atomic E-state index is 5.58. The van der Waals surface area contributed by atoms with Crippen LogP contribution < -0.4 is 0 Å². The Hall–Kier alpha value is -1.12. The monoisotopic (exact) mass is 232 g/mol. The van der Waals surface area contributed by atoms with Gasteiger partial charge in [0.25, 0.3) is 0 Å². The summed E-state index contributed by atoms with van der Waals surface area (Å²) in [6, 6.07) is 10.2. The predicted molar refractivity (Wildman–Crippen MR) is 68.8 cm³/mol. The van der Waals surface area contributed by atoms with Gasteiger partial charge in [-0.25, -0.2) is 0 Å². The number of benzene rings is 1. The first-order chi connectivity index (χ1) is 8.24. The van der Waals surface area contributed by atoms with Crippen LogP contribution in [-0.4, -0.2) is 18.3 Å². The van der Waals surface area contributed by atoms with Crippen LogP contribution in [0.15, 0.2) is 42.5 Å². The molecule has 2 atom stereocenters. The summed E-state index contributed by atoms with van der Waals surface area (Å²) < 4.78 is 11.1. The number of hydrogen-bond donors (Lipinski definition) is 0. The van der Waals surface area contributed by atoms with Crippen molar-refractivity contribution in [2.45, 2.75) is 38.6 Å². The summed E-state index contributed by atoms with van der Waals surface area (Å²) in [6.45, 7) is 5.58. The third-order valence-corrected chi connectivity index (χ3v) is 3.12. The zero-order chi connectivity index (χ0) is 12.1. The molecule has 0 bridgehead atoms. The Balaban J connectivity index is 1.66. The van der Waals surface area contributed by atoms with E-state index in [1.807, 2.05) is 18.2 Å². The molecule has 1 fully saturated rings. The Labute approximate surface area is 103 Å². The molecule has 2 nitrogen and oxygen atoms in total. The van der Waals surface area contributed by atoms with E-state index in [4.69, 9.17) is 9.47 Å². The highest BCUT2D eigenvalue weighted by Crippen LogP contribution is 2.39. The van der Waals surface area contributed by atoms with E-state index in [-0.39, 0.29) is 5.60 Å². The van der Waals surface area contributed by atoms with E-state index in [0.29, 0.717) is 19.3 Å². The average molecular weight is 232 g/mol. The van der Waals surface area contributed by atoms with Crippen LogP contribution in [0.25, 0.3) is 0 Å². The molecule has 1 aromatic rings. The van der Waals surface area contributed by atoms with Crippen LogP contribution in [0.1, 0.15) is 25.8 Å². The van der Waals surface area contributed by atoms with Crippen molar-refractivity contribution in [1.82, 2.24) is 0 Å². The van der Waals surface area contributed by atoms with Crippen LogP contribution in [0, 0.1) is 0 Å². The maximum atomic E-state index is 5.58. The van der Waals surface area contributed by atoms with Crippen molar-refractivity contribution in [3.05, 3.63) is 48.0 Å². The van der Waals surface area contributed by atoms with Gasteiger partial charge >= 0.3 is 0 Å². The Bertz CT molecular complexity index is 372. The van der Waals surface area contributed by atoms with E-state index in [2.05, 4.69) is 38.1 Å². The summed E-state index contributed by atoms with van der Waals surface area (Å²) in [5.41, 5.74) is 1.17. The topological polar surface area (TPSA) is 21.8 Å². The lowest BCUT2D eigenvalue weighted by atomic mass is 10.1. The highest BCUT2D eigenvalue weighted by molar-refractivity contribution is 5.14. The number of ether oxygens (including phenoxy) is 2. The third-order valence-electron chi connectivity index (χ3n) is 3.12. The second-order valence-corrected chi connectivity index (χ2v) is 4.60. The van der Waals surface area contributed by atoms with E-state index in [0.717, 1.165) is 6.42 Å². The molecular formula is C15H20O2. The highest BCUT2D eigenvalue weighted by atomic mass is 16.6. The first-order valence-corrected chi connectivity index (χ1v) is 6.22. The standard InChI is InChI=1S/C15H20O2/c1-3-14-15(2,17-14)10-7-11-16-12-13-8-5-4-6-9-13/h4-10,14H,3,11-12H2,1-2H3/b10-7+/t14-,15-/m1/s1. The molecule has 0 aromatic heterocycles. The lowest BCUT2D eigenvalue weighted by Crippen LogP contribution is -2.05. The second-order valence-electron chi connectivity index (χ2n) is 4.60. The van der Waals surface area contributed by atoms with Gasteiger partial charge in [0, 0.05) is 0 Å². The van der Waals surface area contributed by atoms with Crippen molar-refractivity contribution < 1.29 is 9.47 Å². The van der Waals surface area contributed by atoms with Crippen molar-refractivity contribution in [3.63, 3.8) is 0 Å². The molecule has 0 spiro atoms. The number of rotatable bonds is 6. The molecule has 92 valence electrons. The molecule has 1 heterocycles. The van der Waals surface area contributed by atoms with Gasteiger partial charge in [-0.2, -0.15) is 0 Å². The van der Waals surface area contributed by atoms with Gasteiger partial charge in [-0.15, -0.1) is 0 Å². The molecule has 1 aromatic carbocycles. The fourth-order valence-electron chi connectivity index (χ4n) is 2.01. The van der Waals surface area contributed by atoms with Gasteiger partial charge in [-0.05, 0) is 18.9 Å². The fraction of sp³-hybridized carbons (Fsp3) is 0.467. The lowest BCUT2D eigenvalue weighted by molar-refractivity contribution is 0.148. The minimum atomic E-state index is -0.0368. The predicted octanol–water partition coefficient (Wildman–Crippen LogP) is 3.33. The molecule has 1 aliphatic rings. The van der Waals surface area contributed by atoms with Crippen molar-refractivity contribution in [3.8, 4) is 0 Å². The van der Waals surface area contributed by atoms with Crippen molar-refractivity contribution in [2.24, 2.45) is 0 Å². The minimum absolute atomic E-state index is 0.0368. The zero-order valence-electron chi connectivity index (χ0n) is 10.6. The molecule has 17 heavy (non-hydrogen) atoms. The highest BCUT2D eigenvalue weighted by Gasteiger charge is 2.48. The molecule has 1 aliphatic heterocycles. The van der Waals surface area contributed by atoms with Gasteiger partial charge in [0.1, 0.15) is 5.60 Å². The van der Waals surface area contributed by atoms with Gasteiger partial charge in [0.05, 0.1) is 19.3 Å². The molecular weight excluding hydrogens is 212 g/mol. The average Bonchev–Trinajstić information content (AvgIpc) is 3.02. The summed E-state index contributed by atoms with van der Waals surface area (Å²) in [4.78, 5) is 0. The molecule has 0 amide bonds. The molecule has 0 saturated carbocycles. The van der Waals surface area contributed by atoms with E-state index < -0.39 is 0 Å². The molecule has 0 radical (unpaired) electrons. The van der Waals surface area contributed by atoms with Gasteiger partial charge in [-0.3, -0.25) is 0 Å². The number of epoxide rings is 1. The van der Waals surface area contributed by atoms with E-state index >= 15 is 0 Å². The summed E-state index contributed by atoms with van der Waals surface area (Å²) in [5, 5.41) is 0. The van der Waals surface area contributed by atoms with Gasteiger partial charge in [-0.1, -0.05) is 49.4 Å². The van der Waals surface area contributed by atoms with Crippen molar-refractivity contribution in [1.29, 1.82) is 0 Å². The quantitative estimate of drug-likeness (QED) is 0.426. The van der Waals surface area contributed by atoms with E-state index in [9.17, 15) is 0 Å². The van der Waals surface area contributed by atoms with Crippen molar-refractivity contribution >= 4 is 0 Å². The van der Waals surface area contributed by atoms with Crippen LogP contribution in [0.5, 0.6) is 0 Å². The molecule has 0 N–H and O–H groups in total. The fourth-order valence-corrected chi connectivity index (χ4v) is 2.01. The summed E-state index contributed by atoms with van der Waals surface area (Å²) in [6.07, 6.45) is 5.64. The van der Waals surface area contributed by atoms with Gasteiger partial charge < -0.3 is 9.47 Å². The smallest absolute Gasteiger partial charge is 0.110 e. The van der Waals surface area contributed by atoms with Crippen LogP contribution in [-0.2, 0) is 16.1 Å². The first kappa shape index (κ1) is 12.3. The van der Waals surface area contributed by atoms with E-state index in [1.54, 1.807) is 0 Å². The molecule has 0 unspecified atom stereocenters. The van der Waals surface area contributed by atoms with Gasteiger partial charge in [0.15, 0.2) is 0 Å². The Morgan fingerprint density at radius 3 is 2.76 bits per heavy atom. The maximum Gasteiger partial charge on any atom is 0.110 e. The molecule has 0 aliphatic carbocycles. The van der Waals surface area contributed by atoms with Crippen LogP contribution >= 0.6 is 0 Å². The van der Waals surface area contributed by atoms with Crippen LogP contribution in [0.3, 0.4) is 0 Å². The molecule has 2 rings (SSSR count).